The number of hydrogen-bond donors (Lipinski definition) is 2. The summed E-state index contributed by atoms with van der Waals surface area (Å²) in [6.45, 7) is 5.86. The van der Waals surface area contributed by atoms with Crippen LogP contribution < -0.4 is 5.32 Å². The fraction of sp³-hybridized carbons (Fsp3) is 0.846. The summed E-state index contributed by atoms with van der Waals surface area (Å²) in [5.74, 6) is -0.414. The molecule has 1 fully saturated rings. The first-order valence-electron chi connectivity index (χ1n) is 6.70. The van der Waals surface area contributed by atoms with E-state index in [0.29, 0.717) is 25.6 Å². The first-order chi connectivity index (χ1) is 8.93. The van der Waals surface area contributed by atoms with E-state index in [-0.39, 0.29) is 24.4 Å². The van der Waals surface area contributed by atoms with E-state index in [0.717, 1.165) is 6.42 Å². The van der Waals surface area contributed by atoms with Crippen LogP contribution in [0.1, 0.15) is 26.7 Å². The van der Waals surface area contributed by atoms with Crippen LogP contribution in [-0.4, -0.2) is 54.9 Å². The number of rotatable bonds is 6. The maximum atomic E-state index is 12.1. The maximum Gasteiger partial charge on any atom is 0.317 e. The van der Waals surface area contributed by atoms with Crippen LogP contribution in [-0.2, 0) is 9.53 Å². The molecule has 2 atom stereocenters. The van der Waals surface area contributed by atoms with Gasteiger partial charge in [-0.1, -0.05) is 13.8 Å². The molecule has 2 unspecified atom stereocenters. The summed E-state index contributed by atoms with van der Waals surface area (Å²) in [7, 11) is 1.66. The number of methoxy groups -OCH3 is 1. The second kappa shape index (κ2) is 7.33. The number of ether oxygens (including phenoxy) is 1. The Balaban J connectivity index is 2.46. The molecule has 0 aromatic carbocycles. The van der Waals surface area contributed by atoms with Gasteiger partial charge in [-0.3, -0.25) is 4.79 Å². The Bertz CT molecular complexity index is 320. The summed E-state index contributed by atoms with van der Waals surface area (Å²) < 4.78 is 5.09. The highest BCUT2D eigenvalue weighted by molar-refractivity contribution is 5.76. The third-order valence-electron chi connectivity index (χ3n) is 3.48. The van der Waals surface area contributed by atoms with Gasteiger partial charge in [0.2, 0.25) is 0 Å². The first kappa shape index (κ1) is 15.8. The Hall–Kier alpha value is -1.30. The normalized spacial score (nSPS) is 20.6. The molecule has 2 amide bonds. The highest BCUT2D eigenvalue weighted by Gasteiger charge is 2.28. The van der Waals surface area contributed by atoms with E-state index >= 15 is 0 Å². The molecule has 1 aliphatic heterocycles. The minimum Gasteiger partial charge on any atom is -0.481 e. The minimum atomic E-state index is -0.891. The minimum absolute atomic E-state index is 0.0429. The van der Waals surface area contributed by atoms with Crippen LogP contribution in [0, 0.1) is 11.8 Å². The fourth-order valence-corrected chi connectivity index (χ4v) is 2.28. The molecule has 0 aromatic heterocycles. The van der Waals surface area contributed by atoms with Crippen molar-refractivity contribution in [1.29, 1.82) is 0 Å². The van der Waals surface area contributed by atoms with Gasteiger partial charge < -0.3 is 20.1 Å². The van der Waals surface area contributed by atoms with Crippen molar-refractivity contribution in [1.82, 2.24) is 10.2 Å². The second-order valence-electron chi connectivity index (χ2n) is 5.45. The van der Waals surface area contributed by atoms with Crippen molar-refractivity contribution in [2.24, 2.45) is 11.8 Å². The Morgan fingerprint density at radius 2 is 2.16 bits per heavy atom. The number of carboxylic acids is 1. The van der Waals surface area contributed by atoms with Crippen molar-refractivity contribution >= 4 is 12.0 Å². The number of carboxylic acid groups (broad SMARTS) is 1. The Labute approximate surface area is 114 Å². The van der Waals surface area contributed by atoms with Crippen LogP contribution in [0.2, 0.25) is 0 Å². The van der Waals surface area contributed by atoms with Gasteiger partial charge in [0.25, 0.3) is 0 Å². The van der Waals surface area contributed by atoms with Crippen LogP contribution in [0.25, 0.3) is 0 Å². The Morgan fingerprint density at radius 1 is 1.47 bits per heavy atom. The molecule has 1 rings (SSSR count). The summed E-state index contributed by atoms with van der Waals surface area (Å²) in [6.07, 6.45) is 0.894. The highest BCUT2D eigenvalue weighted by Crippen LogP contribution is 2.17. The fourth-order valence-electron chi connectivity index (χ4n) is 2.28. The van der Waals surface area contributed by atoms with Crippen LogP contribution in [0.3, 0.4) is 0 Å². The molecule has 1 aliphatic rings. The molecule has 19 heavy (non-hydrogen) atoms. The molecule has 0 radical (unpaired) electrons. The Morgan fingerprint density at radius 3 is 2.68 bits per heavy atom. The molecular weight excluding hydrogens is 248 g/mol. The van der Waals surface area contributed by atoms with Gasteiger partial charge in [-0.25, -0.2) is 4.79 Å². The maximum absolute atomic E-state index is 12.1. The predicted molar refractivity (Wildman–Crippen MR) is 71.0 cm³/mol. The van der Waals surface area contributed by atoms with Gasteiger partial charge in [0.15, 0.2) is 0 Å². The van der Waals surface area contributed by atoms with E-state index in [1.54, 1.807) is 12.0 Å². The molecule has 0 aliphatic carbocycles. The lowest BCUT2D eigenvalue weighted by Gasteiger charge is -2.25. The second-order valence-corrected chi connectivity index (χ2v) is 5.45. The number of urea groups is 1. The van der Waals surface area contributed by atoms with Crippen molar-refractivity contribution in [2.45, 2.75) is 32.7 Å². The molecule has 0 aromatic rings. The first-order valence-corrected chi connectivity index (χ1v) is 6.70. The van der Waals surface area contributed by atoms with E-state index in [2.05, 4.69) is 5.32 Å². The SMILES string of the molecule is COCC1CCN(C(=O)NC(CC(=O)O)C(C)C)C1. The lowest BCUT2D eigenvalue weighted by molar-refractivity contribution is -0.137. The molecule has 2 N–H and O–H groups in total. The molecule has 6 nitrogen and oxygen atoms in total. The van der Waals surface area contributed by atoms with Gasteiger partial charge >= 0.3 is 12.0 Å². The number of likely N-dealkylation sites (tertiary alicyclic amines) is 1. The van der Waals surface area contributed by atoms with Crippen LogP contribution in [0.15, 0.2) is 0 Å². The zero-order valence-corrected chi connectivity index (χ0v) is 11.9. The van der Waals surface area contributed by atoms with E-state index in [9.17, 15) is 9.59 Å². The number of nitrogens with zero attached hydrogens (tertiary/aromatic N) is 1. The third kappa shape index (κ3) is 5.06. The molecule has 1 saturated heterocycles. The predicted octanol–water partition coefficient (Wildman–Crippen LogP) is 1.16. The third-order valence-corrected chi connectivity index (χ3v) is 3.48. The smallest absolute Gasteiger partial charge is 0.317 e. The van der Waals surface area contributed by atoms with Crippen molar-refractivity contribution in [3.8, 4) is 0 Å². The quantitative estimate of drug-likeness (QED) is 0.760. The lowest BCUT2D eigenvalue weighted by Crippen LogP contribution is -2.46. The van der Waals surface area contributed by atoms with Crippen molar-refractivity contribution < 1.29 is 19.4 Å². The zero-order chi connectivity index (χ0) is 14.4. The number of aliphatic carboxylic acids is 1. The standard InChI is InChI=1S/C13H24N2O4/c1-9(2)11(6-12(16)17)14-13(18)15-5-4-10(7-15)8-19-3/h9-11H,4-8H2,1-3H3,(H,14,18)(H,16,17). The van der Waals surface area contributed by atoms with Crippen LogP contribution >= 0.6 is 0 Å². The summed E-state index contributed by atoms with van der Waals surface area (Å²) in [5, 5.41) is 11.7. The molecule has 0 bridgehead atoms. The molecule has 0 spiro atoms. The molecule has 0 saturated carbocycles. The average molecular weight is 272 g/mol. The van der Waals surface area contributed by atoms with Crippen LogP contribution in [0.4, 0.5) is 4.79 Å². The van der Waals surface area contributed by atoms with Crippen molar-refractivity contribution in [3.63, 3.8) is 0 Å². The molecular formula is C13H24N2O4. The topological polar surface area (TPSA) is 78.9 Å². The lowest BCUT2D eigenvalue weighted by atomic mass is 10.0. The van der Waals surface area contributed by atoms with Gasteiger partial charge in [0.1, 0.15) is 0 Å². The summed E-state index contributed by atoms with van der Waals surface area (Å²) in [4.78, 5) is 24.6. The van der Waals surface area contributed by atoms with Gasteiger partial charge in [-0.05, 0) is 12.3 Å². The van der Waals surface area contributed by atoms with Crippen molar-refractivity contribution in [3.05, 3.63) is 0 Å². The average Bonchev–Trinajstić information content (AvgIpc) is 2.76. The van der Waals surface area contributed by atoms with Gasteiger partial charge in [-0.2, -0.15) is 0 Å². The van der Waals surface area contributed by atoms with E-state index in [1.807, 2.05) is 13.8 Å². The largest absolute Gasteiger partial charge is 0.481 e. The van der Waals surface area contributed by atoms with E-state index in [4.69, 9.17) is 9.84 Å². The van der Waals surface area contributed by atoms with E-state index < -0.39 is 5.97 Å². The van der Waals surface area contributed by atoms with Gasteiger partial charge in [0, 0.05) is 32.2 Å². The van der Waals surface area contributed by atoms with E-state index in [1.165, 1.54) is 0 Å². The Kier molecular flexibility index (Phi) is 6.08. The number of carbonyl (C=O) groups is 2. The van der Waals surface area contributed by atoms with Gasteiger partial charge in [0.05, 0.1) is 13.0 Å². The molecule has 1 heterocycles. The number of amides is 2. The number of nitrogens with one attached hydrogen (secondary N) is 1. The van der Waals surface area contributed by atoms with Crippen LogP contribution in [0.5, 0.6) is 0 Å². The monoisotopic (exact) mass is 272 g/mol. The highest BCUT2D eigenvalue weighted by atomic mass is 16.5. The zero-order valence-electron chi connectivity index (χ0n) is 11.9. The molecule has 6 heteroatoms. The number of hydrogen-bond acceptors (Lipinski definition) is 3. The summed E-state index contributed by atoms with van der Waals surface area (Å²) in [5.41, 5.74) is 0. The van der Waals surface area contributed by atoms with Crippen molar-refractivity contribution in [2.75, 3.05) is 26.8 Å². The van der Waals surface area contributed by atoms with Gasteiger partial charge in [-0.15, -0.1) is 0 Å². The molecule has 110 valence electrons. The summed E-state index contributed by atoms with van der Waals surface area (Å²) >= 11 is 0. The number of carbonyl (C=O) groups excluding carboxylic acids is 1. The summed E-state index contributed by atoms with van der Waals surface area (Å²) in [6, 6.07) is -0.495.